The van der Waals surface area contributed by atoms with Crippen molar-refractivity contribution in [2.45, 2.75) is 12.6 Å². The van der Waals surface area contributed by atoms with Gasteiger partial charge in [0.2, 0.25) is 5.91 Å². The lowest BCUT2D eigenvalue weighted by atomic mass is 10.1. The maximum Gasteiger partial charge on any atom is 0.416 e. The van der Waals surface area contributed by atoms with Crippen molar-refractivity contribution in [2.24, 2.45) is 0 Å². The molecule has 2 aromatic rings. The van der Waals surface area contributed by atoms with Gasteiger partial charge in [0.05, 0.1) is 22.7 Å². The van der Waals surface area contributed by atoms with Crippen LogP contribution in [0.2, 0.25) is 5.02 Å². The largest absolute Gasteiger partial charge is 0.416 e. The van der Waals surface area contributed by atoms with Crippen LogP contribution in [0, 0.1) is 5.82 Å². The molecule has 0 aliphatic heterocycles. The molecule has 0 radical (unpaired) electrons. The molecule has 0 saturated heterocycles. The number of hydrogen-bond donors (Lipinski definition) is 1. The topological polar surface area (TPSA) is 29.1 Å². The van der Waals surface area contributed by atoms with Crippen LogP contribution in [-0.2, 0) is 17.4 Å². The number of benzene rings is 2. The van der Waals surface area contributed by atoms with Crippen LogP contribution in [0.25, 0.3) is 0 Å². The average Bonchev–Trinajstić information content (AvgIpc) is 2.42. The van der Waals surface area contributed by atoms with E-state index in [4.69, 9.17) is 11.6 Å². The molecule has 0 bridgehead atoms. The molecule has 1 amide bonds. The van der Waals surface area contributed by atoms with Crippen LogP contribution < -0.4 is 5.32 Å². The Morgan fingerprint density at radius 2 is 1.91 bits per heavy atom. The van der Waals surface area contributed by atoms with Gasteiger partial charge in [0.25, 0.3) is 0 Å². The highest BCUT2D eigenvalue weighted by atomic mass is 79.9. The number of alkyl halides is 3. The molecule has 0 saturated carbocycles. The van der Waals surface area contributed by atoms with E-state index in [1.54, 1.807) is 0 Å². The summed E-state index contributed by atoms with van der Waals surface area (Å²) < 4.78 is 52.0. The van der Waals surface area contributed by atoms with Gasteiger partial charge < -0.3 is 5.32 Å². The minimum atomic E-state index is -4.49. The normalized spacial score (nSPS) is 11.4. The van der Waals surface area contributed by atoms with Crippen molar-refractivity contribution >= 4 is 39.1 Å². The maximum absolute atomic E-state index is 13.8. The van der Waals surface area contributed by atoms with Crippen LogP contribution in [0.4, 0.5) is 23.2 Å². The Hall–Kier alpha value is -1.60. The van der Waals surface area contributed by atoms with Crippen molar-refractivity contribution in [1.82, 2.24) is 0 Å². The molecule has 0 unspecified atom stereocenters. The first-order valence-electron chi connectivity index (χ1n) is 6.27. The van der Waals surface area contributed by atoms with Crippen LogP contribution in [0.15, 0.2) is 40.9 Å². The summed E-state index contributed by atoms with van der Waals surface area (Å²) in [7, 11) is 0. The molecule has 0 atom stereocenters. The highest BCUT2D eigenvalue weighted by molar-refractivity contribution is 9.10. The molecular formula is C15H9BrClF4NO. The Labute approximate surface area is 142 Å². The Kier molecular flexibility index (Phi) is 5.31. The van der Waals surface area contributed by atoms with E-state index in [1.165, 1.54) is 18.2 Å². The quantitative estimate of drug-likeness (QED) is 0.671. The second kappa shape index (κ2) is 6.88. The van der Waals surface area contributed by atoms with Gasteiger partial charge in [-0.15, -0.1) is 0 Å². The molecule has 122 valence electrons. The number of rotatable bonds is 3. The van der Waals surface area contributed by atoms with Crippen LogP contribution in [0.5, 0.6) is 0 Å². The molecule has 0 spiro atoms. The van der Waals surface area contributed by atoms with Crippen LogP contribution in [-0.4, -0.2) is 5.91 Å². The zero-order chi connectivity index (χ0) is 17.2. The number of carbonyl (C=O) groups is 1. The van der Waals surface area contributed by atoms with Crippen LogP contribution >= 0.6 is 27.5 Å². The Bertz CT molecular complexity index is 725. The van der Waals surface area contributed by atoms with Gasteiger partial charge in [0.15, 0.2) is 0 Å². The summed E-state index contributed by atoms with van der Waals surface area (Å²) in [5.74, 6) is -1.42. The Balaban J connectivity index is 2.15. The first-order valence-corrected chi connectivity index (χ1v) is 7.44. The van der Waals surface area contributed by atoms with E-state index in [-0.39, 0.29) is 22.7 Å². The molecule has 8 heteroatoms. The molecule has 0 aromatic heterocycles. The number of nitrogens with one attached hydrogen (secondary N) is 1. The van der Waals surface area contributed by atoms with Gasteiger partial charge in [0, 0.05) is 4.47 Å². The molecule has 0 aliphatic carbocycles. The van der Waals surface area contributed by atoms with Gasteiger partial charge in [-0.25, -0.2) is 4.39 Å². The fourth-order valence-corrected chi connectivity index (χ4v) is 2.71. The molecule has 2 rings (SSSR count). The van der Waals surface area contributed by atoms with Crippen molar-refractivity contribution in [2.75, 3.05) is 5.32 Å². The van der Waals surface area contributed by atoms with Crippen molar-refractivity contribution in [3.05, 3.63) is 62.8 Å². The second-order valence-electron chi connectivity index (χ2n) is 4.67. The molecular weight excluding hydrogens is 402 g/mol. The van der Waals surface area contributed by atoms with Gasteiger partial charge in [-0.2, -0.15) is 13.2 Å². The Morgan fingerprint density at radius 3 is 2.52 bits per heavy atom. The average molecular weight is 411 g/mol. The molecule has 23 heavy (non-hydrogen) atoms. The number of hydrogen-bond acceptors (Lipinski definition) is 1. The van der Waals surface area contributed by atoms with Gasteiger partial charge in [-0.3, -0.25) is 4.79 Å². The molecule has 2 aromatic carbocycles. The molecule has 0 fully saturated rings. The molecule has 0 heterocycles. The van der Waals surface area contributed by atoms with Gasteiger partial charge in [-0.05, 0) is 23.8 Å². The smallest absolute Gasteiger partial charge is 0.322 e. The van der Waals surface area contributed by atoms with Gasteiger partial charge >= 0.3 is 6.18 Å². The van der Waals surface area contributed by atoms with E-state index in [0.717, 1.165) is 18.2 Å². The fraction of sp³-hybridized carbons (Fsp3) is 0.133. The van der Waals surface area contributed by atoms with E-state index in [9.17, 15) is 22.4 Å². The van der Waals surface area contributed by atoms with Crippen molar-refractivity contribution < 1.29 is 22.4 Å². The fourth-order valence-electron chi connectivity index (χ4n) is 1.89. The van der Waals surface area contributed by atoms with E-state index in [1.807, 2.05) is 0 Å². The lowest BCUT2D eigenvalue weighted by molar-refractivity contribution is -0.137. The Morgan fingerprint density at radius 1 is 1.22 bits per heavy atom. The summed E-state index contributed by atoms with van der Waals surface area (Å²) in [6.45, 7) is 0. The minimum absolute atomic E-state index is 0.0192. The summed E-state index contributed by atoms with van der Waals surface area (Å²) in [4.78, 5) is 11.9. The lowest BCUT2D eigenvalue weighted by Crippen LogP contribution is -2.16. The molecule has 1 N–H and O–H groups in total. The third-order valence-electron chi connectivity index (χ3n) is 2.89. The number of halogens is 6. The summed E-state index contributed by atoms with van der Waals surface area (Å²) >= 11 is 8.88. The summed E-state index contributed by atoms with van der Waals surface area (Å²) in [6.07, 6.45) is -4.83. The third kappa shape index (κ3) is 4.68. The van der Waals surface area contributed by atoms with Gasteiger partial charge in [0.1, 0.15) is 5.82 Å². The lowest BCUT2D eigenvalue weighted by Gasteiger charge is -2.11. The zero-order valence-electron chi connectivity index (χ0n) is 11.3. The summed E-state index contributed by atoms with van der Waals surface area (Å²) in [6, 6.07) is 6.88. The molecule has 2 nitrogen and oxygen atoms in total. The van der Waals surface area contributed by atoms with Crippen molar-refractivity contribution in [3.8, 4) is 0 Å². The highest BCUT2D eigenvalue weighted by Crippen LogP contribution is 2.31. The van der Waals surface area contributed by atoms with E-state index in [0.29, 0.717) is 4.47 Å². The van der Waals surface area contributed by atoms with Gasteiger partial charge in [-0.1, -0.05) is 45.7 Å². The number of amides is 1. The number of anilines is 1. The minimum Gasteiger partial charge on any atom is -0.322 e. The maximum atomic E-state index is 13.8. The van der Waals surface area contributed by atoms with E-state index in [2.05, 4.69) is 21.2 Å². The first-order chi connectivity index (χ1) is 10.7. The first kappa shape index (κ1) is 17.7. The monoisotopic (exact) mass is 409 g/mol. The van der Waals surface area contributed by atoms with E-state index < -0.39 is 23.5 Å². The second-order valence-corrected chi connectivity index (χ2v) is 5.99. The highest BCUT2D eigenvalue weighted by Gasteiger charge is 2.30. The summed E-state index contributed by atoms with van der Waals surface area (Å²) in [5, 5.41) is 2.25. The summed E-state index contributed by atoms with van der Waals surface area (Å²) in [5.41, 5.74) is -0.909. The zero-order valence-corrected chi connectivity index (χ0v) is 13.7. The van der Waals surface area contributed by atoms with Crippen molar-refractivity contribution in [1.29, 1.82) is 0 Å². The predicted octanol–water partition coefficient (Wildman–Crippen LogP) is 5.44. The van der Waals surface area contributed by atoms with Crippen molar-refractivity contribution in [3.63, 3.8) is 0 Å². The standard InChI is InChI=1S/C15H9BrClF4NO/c16-10-6-11(17)14(12(18)7-10)22-13(23)5-8-2-1-3-9(4-8)15(19,20)21/h1-4,6-7H,5H2,(H,22,23). The molecule has 0 aliphatic rings. The predicted molar refractivity (Wildman–Crippen MR) is 82.9 cm³/mol. The third-order valence-corrected chi connectivity index (χ3v) is 3.65. The van der Waals surface area contributed by atoms with E-state index >= 15 is 0 Å². The SMILES string of the molecule is O=C(Cc1cccc(C(F)(F)F)c1)Nc1c(F)cc(Br)cc1Cl. The van der Waals surface area contributed by atoms with Crippen LogP contribution in [0.3, 0.4) is 0 Å². The van der Waals surface area contributed by atoms with Crippen LogP contribution in [0.1, 0.15) is 11.1 Å². The number of carbonyl (C=O) groups excluding carboxylic acids is 1.